The maximum Gasteiger partial charge on any atom is 0.175 e. The molecule has 0 aliphatic rings. The first-order valence-electron chi connectivity index (χ1n) is 9.94. The maximum atomic E-state index is 12.2. The number of nitrogens with one attached hydrogen (secondary N) is 1. The van der Waals surface area contributed by atoms with Gasteiger partial charge in [-0.15, -0.1) is 11.3 Å². The minimum Gasteiger partial charge on any atom is -0.383 e. The number of rotatable bonds is 6. The highest BCUT2D eigenvalue weighted by Gasteiger charge is 2.20. The summed E-state index contributed by atoms with van der Waals surface area (Å²) >= 11 is 1.60. The van der Waals surface area contributed by atoms with Crippen molar-refractivity contribution < 1.29 is 13.2 Å². The van der Waals surface area contributed by atoms with Gasteiger partial charge < -0.3 is 14.3 Å². The summed E-state index contributed by atoms with van der Waals surface area (Å²) in [5.74, 6) is 1.37. The molecular weight excluding hydrogens is 446 g/mol. The summed E-state index contributed by atoms with van der Waals surface area (Å²) in [6, 6.07) is 9.55. The third kappa shape index (κ3) is 3.60. The van der Waals surface area contributed by atoms with Gasteiger partial charge in [-0.05, 0) is 42.8 Å². The highest BCUT2D eigenvalue weighted by molar-refractivity contribution is 7.90. The van der Waals surface area contributed by atoms with Gasteiger partial charge >= 0.3 is 0 Å². The largest absolute Gasteiger partial charge is 0.383 e. The third-order valence-electron chi connectivity index (χ3n) is 5.37. The van der Waals surface area contributed by atoms with Crippen molar-refractivity contribution >= 4 is 42.4 Å². The van der Waals surface area contributed by atoms with Crippen LogP contribution in [0.2, 0.25) is 0 Å². The van der Waals surface area contributed by atoms with Crippen molar-refractivity contribution in [1.29, 1.82) is 0 Å². The second-order valence-electron chi connectivity index (χ2n) is 7.63. The molecular formula is C22H21N5O3S2. The molecule has 32 heavy (non-hydrogen) atoms. The number of hydrogen-bond acceptors (Lipinski definition) is 7. The van der Waals surface area contributed by atoms with Gasteiger partial charge in [-0.3, -0.25) is 0 Å². The molecule has 8 nitrogen and oxygen atoms in total. The van der Waals surface area contributed by atoms with E-state index in [1.54, 1.807) is 31.4 Å². The van der Waals surface area contributed by atoms with E-state index in [4.69, 9.17) is 14.7 Å². The lowest BCUT2D eigenvalue weighted by molar-refractivity contribution is 0.188. The number of aryl methyl sites for hydroxylation is 1. The van der Waals surface area contributed by atoms with Crippen molar-refractivity contribution in [3.8, 4) is 22.9 Å². The Kier molecular flexibility index (Phi) is 5.07. The fraction of sp³-hybridized carbons (Fsp3) is 0.227. The van der Waals surface area contributed by atoms with E-state index in [0.29, 0.717) is 41.6 Å². The van der Waals surface area contributed by atoms with Crippen LogP contribution in [0.4, 0.5) is 0 Å². The van der Waals surface area contributed by atoms with E-state index >= 15 is 0 Å². The summed E-state index contributed by atoms with van der Waals surface area (Å²) in [5.41, 5.74) is 6.50. The molecule has 0 spiro atoms. The van der Waals surface area contributed by atoms with Crippen molar-refractivity contribution in [2.24, 2.45) is 0 Å². The molecule has 164 valence electrons. The average molecular weight is 468 g/mol. The Labute approximate surface area is 188 Å². The molecule has 0 saturated heterocycles. The minimum absolute atomic E-state index is 0.284. The Morgan fingerprint density at radius 1 is 1.16 bits per heavy atom. The number of methoxy groups -OCH3 is 1. The number of aromatic amines is 1. The van der Waals surface area contributed by atoms with Gasteiger partial charge in [0.25, 0.3) is 0 Å². The average Bonchev–Trinajstić information content (AvgIpc) is 3.48. The van der Waals surface area contributed by atoms with Crippen LogP contribution >= 0.6 is 11.3 Å². The van der Waals surface area contributed by atoms with E-state index in [2.05, 4.69) is 9.97 Å². The highest BCUT2D eigenvalue weighted by Crippen LogP contribution is 2.30. The van der Waals surface area contributed by atoms with Gasteiger partial charge in [0.05, 0.1) is 38.3 Å². The molecule has 0 aliphatic carbocycles. The molecule has 5 rings (SSSR count). The molecule has 10 heteroatoms. The highest BCUT2D eigenvalue weighted by atomic mass is 32.2. The molecule has 3 heterocycles. The van der Waals surface area contributed by atoms with Crippen LogP contribution in [0.3, 0.4) is 0 Å². The van der Waals surface area contributed by atoms with Crippen molar-refractivity contribution in [3.63, 3.8) is 0 Å². The van der Waals surface area contributed by atoms with E-state index in [1.165, 1.54) is 6.26 Å². The Balaban J connectivity index is 1.64. The number of benzene rings is 2. The lowest BCUT2D eigenvalue weighted by Gasteiger charge is -2.08. The molecule has 0 aliphatic heterocycles. The Morgan fingerprint density at radius 3 is 2.78 bits per heavy atom. The first kappa shape index (κ1) is 20.8. The lowest BCUT2D eigenvalue weighted by atomic mass is 10.2. The maximum absolute atomic E-state index is 12.2. The number of sulfone groups is 1. The zero-order valence-corrected chi connectivity index (χ0v) is 19.4. The van der Waals surface area contributed by atoms with Crippen LogP contribution in [0.5, 0.6) is 0 Å². The predicted octanol–water partition coefficient (Wildman–Crippen LogP) is 4.06. The molecule has 5 aromatic rings. The second kappa shape index (κ2) is 7.80. The fourth-order valence-electron chi connectivity index (χ4n) is 3.85. The van der Waals surface area contributed by atoms with E-state index in [0.717, 1.165) is 21.3 Å². The summed E-state index contributed by atoms with van der Waals surface area (Å²) in [6.07, 6.45) is 3.03. The molecule has 3 aromatic heterocycles. The molecule has 0 saturated carbocycles. The summed E-state index contributed by atoms with van der Waals surface area (Å²) in [5, 5.41) is 0. The zero-order chi connectivity index (χ0) is 22.5. The zero-order valence-electron chi connectivity index (χ0n) is 17.8. The normalized spacial score (nSPS) is 12.2. The SMILES string of the molecule is COCCn1c(-c2c[nH]c(-c3ccc4scnc4c3)n2)nc2cc(S(C)(=O)=O)c(C)cc21. The van der Waals surface area contributed by atoms with E-state index in [1.807, 2.05) is 40.5 Å². The van der Waals surface area contributed by atoms with Crippen LogP contribution in [0.15, 0.2) is 46.9 Å². The molecule has 0 amide bonds. The number of ether oxygens (including phenoxy) is 1. The van der Waals surface area contributed by atoms with Crippen LogP contribution in [0.25, 0.3) is 44.2 Å². The minimum atomic E-state index is -3.36. The van der Waals surface area contributed by atoms with Crippen molar-refractivity contribution in [2.45, 2.75) is 18.4 Å². The Bertz CT molecular complexity index is 1560. The number of thiazole rings is 1. The van der Waals surface area contributed by atoms with E-state index in [9.17, 15) is 8.42 Å². The standard InChI is InChI=1S/C22H21N5O3S2/c1-13-8-18-15(10-20(13)32(3,28)29)26-22(27(18)6-7-30-2)17-11-23-21(25-17)14-4-5-19-16(9-14)24-12-31-19/h4-5,8-12H,6-7H2,1-3H3,(H,23,25). The van der Waals surface area contributed by atoms with Crippen molar-refractivity contribution in [3.05, 3.63) is 47.6 Å². The monoisotopic (exact) mass is 467 g/mol. The van der Waals surface area contributed by atoms with Crippen LogP contribution in [-0.4, -0.2) is 52.9 Å². The van der Waals surface area contributed by atoms with Gasteiger partial charge in [0.1, 0.15) is 11.5 Å². The van der Waals surface area contributed by atoms with Crippen molar-refractivity contribution in [2.75, 3.05) is 20.0 Å². The number of H-pyrrole nitrogens is 1. The van der Waals surface area contributed by atoms with Gasteiger partial charge in [0, 0.05) is 31.7 Å². The van der Waals surface area contributed by atoms with Crippen LogP contribution in [0.1, 0.15) is 5.56 Å². The Hall–Kier alpha value is -3.08. The van der Waals surface area contributed by atoms with E-state index in [-0.39, 0.29) is 4.90 Å². The van der Waals surface area contributed by atoms with Crippen LogP contribution < -0.4 is 0 Å². The number of imidazole rings is 2. The molecule has 0 atom stereocenters. The molecule has 0 unspecified atom stereocenters. The third-order valence-corrected chi connectivity index (χ3v) is 7.42. The first-order chi connectivity index (χ1) is 15.3. The summed E-state index contributed by atoms with van der Waals surface area (Å²) in [7, 11) is -1.71. The van der Waals surface area contributed by atoms with E-state index < -0.39 is 9.84 Å². The Morgan fingerprint density at radius 2 is 2.00 bits per heavy atom. The van der Waals surface area contributed by atoms with Crippen molar-refractivity contribution in [1.82, 2.24) is 24.5 Å². The topological polar surface area (TPSA) is 103 Å². The molecule has 1 N–H and O–H groups in total. The van der Waals surface area contributed by atoms with Gasteiger partial charge in [-0.25, -0.2) is 23.4 Å². The molecule has 0 bridgehead atoms. The van der Waals surface area contributed by atoms with Crippen LogP contribution in [-0.2, 0) is 21.1 Å². The molecule has 2 aromatic carbocycles. The fourth-order valence-corrected chi connectivity index (χ4v) is 5.48. The number of fused-ring (bicyclic) bond motifs is 2. The number of nitrogens with zero attached hydrogens (tertiary/aromatic N) is 4. The molecule has 0 radical (unpaired) electrons. The molecule has 0 fully saturated rings. The number of hydrogen-bond donors (Lipinski definition) is 1. The quantitative estimate of drug-likeness (QED) is 0.404. The van der Waals surface area contributed by atoms with Gasteiger partial charge in [0.2, 0.25) is 0 Å². The summed E-state index contributed by atoms with van der Waals surface area (Å²) < 4.78 is 32.8. The van der Waals surface area contributed by atoms with Gasteiger partial charge in [-0.1, -0.05) is 0 Å². The van der Waals surface area contributed by atoms with Gasteiger partial charge in [0.15, 0.2) is 15.7 Å². The summed E-state index contributed by atoms with van der Waals surface area (Å²) in [6.45, 7) is 2.85. The van der Waals surface area contributed by atoms with Crippen LogP contribution in [0, 0.1) is 6.92 Å². The first-order valence-corrected chi connectivity index (χ1v) is 12.7. The lowest BCUT2D eigenvalue weighted by Crippen LogP contribution is -2.06. The smallest absolute Gasteiger partial charge is 0.175 e. The predicted molar refractivity (Wildman–Crippen MR) is 126 cm³/mol. The second-order valence-corrected chi connectivity index (χ2v) is 10.5. The summed E-state index contributed by atoms with van der Waals surface area (Å²) in [4.78, 5) is 17.4. The van der Waals surface area contributed by atoms with Gasteiger partial charge in [-0.2, -0.15) is 0 Å². The number of aromatic nitrogens is 5.